The largest absolute Gasteiger partial charge is 0.364 e. The van der Waals surface area contributed by atoms with Crippen LogP contribution in [0.2, 0.25) is 0 Å². The maximum Gasteiger partial charge on any atom is 0.211 e. The van der Waals surface area contributed by atoms with E-state index < -0.39 is 0 Å². The summed E-state index contributed by atoms with van der Waals surface area (Å²) in [7, 11) is 0. The Labute approximate surface area is 169 Å². The molecule has 4 nitrogen and oxygen atoms in total. The Bertz CT molecular complexity index is 958. The SMILES string of the molecule is O=C1C(Cl)=C(N2CCN(C/C=C/c3ccccc3)CC2)C(=O)c2ccccc21. The van der Waals surface area contributed by atoms with Crippen LogP contribution in [0.5, 0.6) is 0 Å². The average molecular weight is 393 g/mol. The predicted octanol–water partition coefficient (Wildman–Crippen LogP) is 3.85. The molecule has 0 unspecified atom stereocenters. The second kappa shape index (κ2) is 8.13. The van der Waals surface area contributed by atoms with Gasteiger partial charge in [-0.05, 0) is 5.56 Å². The van der Waals surface area contributed by atoms with Crippen LogP contribution in [-0.2, 0) is 0 Å². The molecule has 0 saturated carbocycles. The summed E-state index contributed by atoms with van der Waals surface area (Å²) in [6, 6.07) is 17.1. The zero-order chi connectivity index (χ0) is 19.5. The summed E-state index contributed by atoms with van der Waals surface area (Å²) < 4.78 is 0. The molecule has 0 atom stereocenters. The van der Waals surface area contributed by atoms with E-state index in [9.17, 15) is 9.59 Å². The number of carbonyl (C=O) groups is 2. The van der Waals surface area contributed by atoms with Crippen LogP contribution in [-0.4, -0.2) is 54.1 Å². The average Bonchev–Trinajstić information content (AvgIpc) is 2.74. The van der Waals surface area contributed by atoms with Gasteiger partial charge in [0.1, 0.15) is 10.7 Å². The van der Waals surface area contributed by atoms with Gasteiger partial charge in [0.2, 0.25) is 11.6 Å². The lowest BCUT2D eigenvalue weighted by Gasteiger charge is -2.37. The van der Waals surface area contributed by atoms with E-state index in [1.165, 1.54) is 5.56 Å². The number of hydrogen-bond acceptors (Lipinski definition) is 4. The molecule has 2 aromatic rings. The van der Waals surface area contributed by atoms with Crippen LogP contribution in [0.25, 0.3) is 6.08 Å². The highest BCUT2D eigenvalue weighted by Gasteiger charge is 2.35. The second-order valence-electron chi connectivity index (χ2n) is 6.97. The summed E-state index contributed by atoms with van der Waals surface area (Å²) in [5.41, 5.74) is 2.37. The van der Waals surface area contributed by atoms with Gasteiger partial charge in [-0.25, -0.2) is 0 Å². The Hall–Kier alpha value is -2.69. The fourth-order valence-corrected chi connectivity index (χ4v) is 3.98. The topological polar surface area (TPSA) is 40.6 Å². The molecule has 1 fully saturated rings. The summed E-state index contributed by atoms with van der Waals surface area (Å²) in [6.45, 7) is 3.83. The molecule has 0 N–H and O–H groups in total. The van der Waals surface area contributed by atoms with Crippen LogP contribution >= 0.6 is 11.6 Å². The first-order valence-corrected chi connectivity index (χ1v) is 9.80. The van der Waals surface area contributed by atoms with Crippen molar-refractivity contribution in [3.8, 4) is 0 Å². The van der Waals surface area contributed by atoms with Crippen LogP contribution in [0, 0.1) is 0 Å². The highest BCUT2D eigenvalue weighted by Crippen LogP contribution is 2.30. The summed E-state index contributed by atoms with van der Waals surface area (Å²) >= 11 is 6.32. The number of halogens is 1. The molecular weight excluding hydrogens is 372 g/mol. The Morgan fingerprint density at radius 3 is 2.11 bits per heavy atom. The minimum atomic E-state index is -0.264. The van der Waals surface area contributed by atoms with E-state index in [2.05, 4.69) is 29.2 Å². The number of hydrogen-bond donors (Lipinski definition) is 0. The molecule has 0 spiro atoms. The zero-order valence-electron chi connectivity index (χ0n) is 15.5. The van der Waals surface area contributed by atoms with Gasteiger partial charge in [0.25, 0.3) is 0 Å². The molecule has 1 saturated heterocycles. The van der Waals surface area contributed by atoms with Gasteiger partial charge in [-0.2, -0.15) is 0 Å². The van der Waals surface area contributed by atoms with Crippen LogP contribution in [0.3, 0.4) is 0 Å². The van der Waals surface area contributed by atoms with Crippen LogP contribution in [0.15, 0.2) is 71.4 Å². The zero-order valence-corrected chi connectivity index (χ0v) is 16.2. The van der Waals surface area contributed by atoms with Crippen LogP contribution < -0.4 is 0 Å². The number of rotatable bonds is 4. The van der Waals surface area contributed by atoms with Crippen molar-refractivity contribution in [2.24, 2.45) is 0 Å². The van der Waals surface area contributed by atoms with E-state index in [1.807, 2.05) is 23.1 Å². The van der Waals surface area contributed by atoms with Crippen molar-refractivity contribution >= 4 is 29.2 Å². The number of allylic oxidation sites excluding steroid dienone is 2. The quantitative estimate of drug-likeness (QED) is 0.792. The van der Waals surface area contributed by atoms with Crippen molar-refractivity contribution in [3.63, 3.8) is 0 Å². The number of piperazine rings is 1. The highest BCUT2D eigenvalue weighted by molar-refractivity contribution is 6.49. The third-order valence-corrected chi connectivity index (χ3v) is 5.55. The van der Waals surface area contributed by atoms with E-state index >= 15 is 0 Å². The molecule has 28 heavy (non-hydrogen) atoms. The molecule has 142 valence electrons. The molecule has 0 bridgehead atoms. The van der Waals surface area contributed by atoms with Gasteiger partial charge in [0, 0.05) is 43.9 Å². The van der Waals surface area contributed by atoms with E-state index in [-0.39, 0.29) is 16.6 Å². The van der Waals surface area contributed by atoms with Gasteiger partial charge in [-0.15, -0.1) is 0 Å². The first-order valence-electron chi connectivity index (χ1n) is 9.42. The lowest BCUT2D eigenvalue weighted by atomic mass is 9.91. The van der Waals surface area contributed by atoms with Crippen LogP contribution in [0.4, 0.5) is 0 Å². The van der Waals surface area contributed by atoms with Gasteiger partial charge < -0.3 is 4.90 Å². The van der Waals surface area contributed by atoms with Crippen LogP contribution in [0.1, 0.15) is 26.3 Å². The molecule has 2 aliphatic rings. The van der Waals surface area contributed by atoms with E-state index in [0.29, 0.717) is 29.9 Å². The minimum Gasteiger partial charge on any atom is -0.364 e. The lowest BCUT2D eigenvalue weighted by molar-refractivity contribution is 0.0917. The fourth-order valence-electron chi connectivity index (χ4n) is 3.67. The van der Waals surface area contributed by atoms with Crippen molar-refractivity contribution < 1.29 is 9.59 Å². The number of ketones is 2. The number of carbonyl (C=O) groups excluding carboxylic acids is 2. The fraction of sp³-hybridized carbons (Fsp3) is 0.217. The van der Waals surface area contributed by atoms with Gasteiger partial charge in [-0.1, -0.05) is 78.4 Å². The second-order valence-corrected chi connectivity index (χ2v) is 7.35. The first kappa shape index (κ1) is 18.7. The molecule has 1 aliphatic carbocycles. The molecular formula is C23H21ClN2O2. The molecule has 5 heteroatoms. The first-order chi connectivity index (χ1) is 13.6. The van der Waals surface area contributed by atoms with Crippen molar-refractivity contribution in [2.75, 3.05) is 32.7 Å². The Morgan fingerprint density at radius 2 is 1.43 bits per heavy atom. The highest BCUT2D eigenvalue weighted by atomic mass is 35.5. The molecule has 0 radical (unpaired) electrons. The van der Waals surface area contributed by atoms with Crippen molar-refractivity contribution in [3.05, 3.63) is 88.1 Å². The van der Waals surface area contributed by atoms with Gasteiger partial charge in [-0.3, -0.25) is 14.5 Å². The molecule has 0 amide bonds. The lowest BCUT2D eigenvalue weighted by Crippen LogP contribution is -2.47. The number of fused-ring (bicyclic) bond motifs is 1. The Balaban J connectivity index is 1.41. The summed E-state index contributed by atoms with van der Waals surface area (Å²) in [5, 5.41) is 0.0427. The number of Topliss-reactive ketones (excluding diaryl/α,β-unsaturated/α-hetero) is 2. The summed E-state index contributed by atoms with van der Waals surface area (Å²) in [6.07, 6.45) is 4.27. The van der Waals surface area contributed by atoms with E-state index in [0.717, 1.165) is 19.6 Å². The normalized spacial score (nSPS) is 18.1. The number of benzene rings is 2. The van der Waals surface area contributed by atoms with Crippen molar-refractivity contribution in [1.82, 2.24) is 9.80 Å². The molecule has 4 rings (SSSR count). The standard InChI is InChI=1S/C23H21ClN2O2/c24-20-21(23(28)19-11-5-4-10-18(19)22(20)27)26-15-13-25(14-16-26)12-6-9-17-7-2-1-3-8-17/h1-11H,12-16H2/b9-6+. The summed E-state index contributed by atoms with van der Waals surface area (Å²) in [5.74, 6) is -0.419. The smallest absolute Gasteiger partial charge is 0.211 e. The molecule has 1 aliphatic heterocycles. The minimum absolute atomic E-state index is 0.0427. The van der Waals surface area contributed by atoms with E-state index in [1.54, 1.807) is 24.3 Å². The Morgan fingerprint density at radius 1 is 0.821 bits per heavy atom. The number of nitrogens with zero attached hydrogens (tertiary/aromatic N) is 2. The van der Waals surface area contributed by atoms with Gasteiger partial charge in [0.05, 0.1) is 0 Å². The molecule has 2 aromatic carbocycles. The predicted molar refractivity (Wildman–Crippen MR) is 111 cm³/mol. The Kier molecular flexibility index (Phi) is 5.42. The molecule has 0 aromatic heterocycles. The maximum absolute atomic E-state index is 12.9. The maximum atomic E-state index is 12.9. The summed E-state index contributed by atoms with van der Waals surface area (Å²) in [4.78, 5) is 29.8. The van der Waals surface area contributed by atoms with Gasteiger partial charge in [0.15, 0.2) is 0 Å². The monoisotopic (exact) mass is 392 g/mol. The molecule has 1 heterocycles. The van der Waals surface area contributed by atoms with Gasteiger partial charge >= 0.3 is 0 Å². The van der Waals surface area contributed by atoms with E-state index in [4.69, 9.17) is 11.6 Å². The third kappa shape index (κ3) is 3.66. The van der Waals surface area contributed by atoms with Crippen molar-refractivity contribution in [2.45, 2.75) is 0 Å². The van der Waals surface area contributed by atoms with Crippen molar-refractivity contribution in [1.29, 1.82) is 0 Å². The third-order valence-electron chi connectivity index (χ3n) is 5.20.